The summed E-state index contributed by atoms with van der Waals surface area (Å²) in [6.45, 7) is 4.35. The first-order chi connectivity index (χ1) is 9.31. The monoisotopic (exact) mass is 261 g/mol. The topological polar surface area (TPSA) is 29.5 Å². The number of hydrogen-bond donors (Lipinski definition) is 0. The molecule has 0 spiro atoms. The molecule has 0 aliphatic carbocycles. The fraction of sp³-hybridized carbons (Fsp3) is 0.562. The summed E-state index contributed by atoms with van der Waals surface area (Å²) in [7, 11) is 0. The SMILES string of the molecule is CCOc1cccc(C(=O)N2CCCCCCC2)c1. The van der Waals surface area contributed by atoms with Crippen LogP contribution >= 0.6 is 0 Å². The Labute approximate surface area is 115 Å². The molecule has 1 heterocycles. The highest BCUT2D eigenvalue weighted by Gasteiger charge is 2.16. The minimum atomic E-state index is 0.142. The van der Waals surface area contributed by atoms with Crippen LogP contribution in [-0.2, 0) is 0 Å². The van der Waals surface area contributed by atoms with Crippen molar-refractivity contribution >= 4 is 5.91 Å². The van der Waals surface area contributed by atoms with E-state index in [0.717, 1.165) is 37.2 Å². The fourth-order valence-corrected chi connectivity index (χ4v) is 2.52. The minimum Gasteiger partial charge on any atom is -0.494 e. The van der Waals surface area contributed by atoms with Gasteiger partial charge in [0, 0.05) is 18.7 Å². The highest BCUT2D eigenvalue weighted by Crippen LogP contribution is 2.17. The quantitative estimate of drug-likeness (QED) is 0.833. The molecular weight excluding hydrogens is 238 g/mol. The van der Waals surface area contributed by atoms with Crippen molar-refractivity contribution in [3.05, 3.63) is 29.8 Å². The number of hydrogen-bond acceptors (Lipinski definition) is 2. The summed E-state index contributed by atoms with van der Waals surface area (Å²) in [5.74, 6) is 0.920. The maximum absolute atomic E-state index is 12.5. The van der Waals surface area contributed by atoms with Crippen molar-refractivity contribution in [2.45, 2.75) is 39.0 Å². The van der Waals surface area contributed by atoms with Gasteiger partial charge in [-0.05, 0) is 38.0 Å². The van der Waals surface area contributed by atoms with Gasteiger partial charge in [0.15, 0.2) is 0 Å². The van der Waals surface area contributed by atoms with Crippen LogP contribution in [0.5, 0.6) is 5.75 Å². The second-order valence-electron chi connectivity index (χ2n) is 5.02. The lowest BCUT2D eigenvalue weighted by Crippen LogP contribution is -2.33. The Hall–Kier alpha value is -1.51. The fourth-order valence-electron chi connectivity index (χ4n) is 2.52. The van der Waals surface area contributed by atoms with Gasteiger partial charge in [-0.3, -0.25) is 4.79 Å². The number of benzene rings is 1. The third-order valence-corrected chi connectivity index (χ3v) is 3.54. The van der Waals surface area contributed by atoms with Crippen LogP contribution in [-0.4, -0.2) is 30.5 Å². The van der Waals surface area contributed by atoms with E-state index in [1.165, 1.54) is 19.3 Å². The summed E-state index contributed by atoms with van der Waals surface area (Å²) in [5.41, 5.74) is 0.742. The van der Waals surface area contributed by atoms with Gasteiger partial charge in [0.1, 0.15) is 5.75 Å². The van der Waals surface area contributed by atoms with Crippen LogP contribution < -0.4 is 4.74 Å². The highest BCUT2D eigenvalue weighted by atomic mass is 16.5. The number of rotatable bonds is 3. The number of nitrogens with zero attached hydrogens (tertiary/aromatic N) is 1. The standard InChI is InChI=1S/C16H23NO2/c1-2-19-15-10-8-9-14(13-15)16(18)17-11-6-4-3-5-7-12-17/h8-10,13H,2-7,11-12H2,1H3. The Morgan fingerprint density at radius 2 is 1.84 bits per heavy atom. The molecule has 1 saturated heterocycles. The lowest BCUT2D eigenvalue weighted by Gasteiger charge is -2.25. The third-order valence-electron chi connectivity index (χ3n) is 3.54. The molecule has 1 aliphatic heterocycles. The van der Waals surface area contributed by atoms with Crippen molar-refractivity contribution in [3.63, 3.8) is 0 Å². The number of amides is 1. The predicted octanol–water partition coefficient (Wildman–Crippen LogP) is 3.49. The largest absolute Gasteiger partial charge is 0.494 e. The predicted molar refractivity (Wildman–Crippen MR) is 76.6 cm³/mol. The van der Waals surface area contributed by atoms with Gasteiger partial charge in [-0.1, -0.05) is 25.3 Å². The van der Waals surface area contributed by atoms with E-state index in [0.29, 0.717) is 6.61 Å². The van der Waals surface area contributed by atoms with Crippen molar-refractivity contribution < 1.29 is 9.53 Å². The third kappa shape index (κ3) is 3.98. The molecular formula is C16H23NO2. The summed E-state index contributed by atoms with van der Waals surface area (Å²) in [4.78, 5) is 14.5. The number of carbonyl (C=O) groups excluding carboxylic acids is 1. The van der Waals surface area contributed by atoms with Crippen LogP contribution in [0.3, 0.4) is 0 Å². The van der Waals surface area contributed by atoms with Crippen LogP contribution in [0.2, 0.25) is 0 Å². The van der Waals surface area contributed by atoms with E-state index in [1.54, 1.807) is 0 Å². The molecule has 0 N–H and O–H groups in total. The maximum Gasteiger partial charge on any atom is 0.253 e. The summed E-state index contributed by atoms with van der Waals surface area (Å²) >= 11 is 0. The Bertz CT molecular complexity index is 409. The van der Waals surface area contributed by atoms with Crippen LogP contribution in [0.1, 0.15) is 49.4 Å². The second kappa shape index (κ2) is 7.17. The molecule has 0 radical (unpaired) electrons. The number of likely N-dealkylation sites (tertiary alicyclic amines) is 1. The van der Waals surface area contributed by atoms with Crippen molar-refractivity contribution in [1.82, 2.24) is 4.90 Å². The van der Waals surface area contributed by atoms with E-state index in [2.05, 4.69) is 0 Å². The van der Waals surface area contributed by atoms with Gasteiger partial charge in [0.05, 0.1) is 6.61 Å². The first-order valence-electron chi connectivity index (χ1n) is 7.33. The Morgan fingerprint density at radius 1 is 1.16 bits per heavy atom. The lowest BCUT2D eigenvalue weighted by molar-refractivity contribution is 0.0742. The molecule has 1 aliphatic rings. The molecule has 3 nitrogen and oxygen atoms in total. The summed E-state index contributed by atoms with van der Waals surface area (Å²) in [6.07, 6.45) is 6.03. The van der Waals surface area contributed by atoms with Gasteiger partial charge in [-0.25, -0.2) is 0 Å². The van der Waals surface area contributed by atoms with Crippen molar-refractivity contribution in [2.75, 3.05) is 19.7 Å². The average molecular weight is 261 g/mol. The summed E-state index contributed by atoms with van der Waals surface area (Å²) < 4.78 is 5.46. The van der Waals surface area contributed by atoms with Crippen molar-refractivity contribution in [1.29, 1.82) is 0 Å². The van der Waals surface area contributed by atoms with Crippen LogP contribution in [0.4, 0.5) is 0 Å². The van der Waals surface area contributed by atoms with Gasteiger partial charge in [-0.15, -0.1) is 0 Å². The molecule has 0 aromatic heterocycles. The van der Waals surface area contributed by atoms with Gasteiger partial charge in [0.2, 0.25) is 0 Å². The van der Waals surface area contributed by atoms with Crippen molar-refractivity contribution in [2.24, 2.45) is 0 Å². The molecule has 1 fully saturated rings. The smallest absolute Gasteiger partial charge is 0.253 e. The summed E-state index contributed by atoms with van der Waals surface area (Å²) in [5, 5.41) is 0. The molecule has 0 saturated carbocycles. The first-order valence-corrected chi connectivity index (χ1v) is 7.33. The van der Waals surface area contributed by atoms with E-state index in [9.17, 15) is 4.79 Å². The molecule has 1 aromatic carbocycles. The van der Waals surface area contributed by atoms with E-state index < -0.39 is 0 Å². The molecule has 1 aromatic rings. The van der Waals surface area contributed by atoms with Crippen LogP contribution in [0, 0.1) is 0 Å². The van der Waals surface area contributed by atoms with Gasteiger partial charge in [-0.2, -0.15) is 0 Å². The minimum absolute atomic E-state index is 0.142. The Balaban J connectivity index is 2.06. The summed E-state index contributed by atoms with van der Waals surface area (Å²) in [6, 6.07) is 7.52. The second-order valence-corrected chi connectivity index (χ2v) is 5.02. The number of ether oxygens (including phenoxy) is 1. The Morgan fingerprint density at radius 3 is 2.53 bits per heavy atom. The van der Waals surface area contributed by atoms with Crippen LogP contribution in [0.15, 0.2) is 24.3 Å². The average Bonchev–Trinajstić information content (AvgIpc) is 2.38. The molecule has 0 bridgehead atoms. The highest BCUT2D eigenvalue weighted by molar-refractivity contribution is 5.94. The maximum atomic E-state index is 12.5. The number of carbonyl (C=O) groups is 1. The zero-order chi connectivity index (χ0) is 13.5. The normalized spacial score (nSPS) is 16.6. The van der Waals surface area contributed by atoms with Gasteiger partial charge in [0.25, 0.3) is 5.91 Å². The lowest BCUT2D eigenvalue weighted by atomic mass is 10.1. The zero-order valence-corrected chi connectivity index (χ0v) is 11.7. The molecule has 3 heteroatoms. The molecule has 104 valence electrons. The van der Waals surface area contributed by atoms with E-state index in [1.807, 2.05) is 36.1 Å². The van der Waals surface area contributed by atoms with Gasteiger partial charge >= 0.3 is 0 Å². The first kappa shape index (κ1) is 13.9. The Kier molecular flexibility index (Phi) is 5.25. The molecule has 0 unspecified atom stereocenters. The molecule has 0 atom stereocenters. The van der Waals surface area contributed by atoms with E-state index in [4.69, 9.17) is 4.74 Å². The van der Waals surface area contributed by atoms with Crippen LogP contribution in [0.25, 0.3) is 0 Å². The molecule has 2 rings (SSSR count). The molecule has 1 amide bonds. The zero-order valence-electron chi connectivity index (χ0n) is 11.7. The van der Waals surface area contributed by atoms with Crippen molar-refractivity contribution in [3.8, 4) is 5.75 Å². The molecule has 19 heavy (non-hydrogen) atoms. The van der Waals surface area contributed by atoms with E-state index in [-0.39, 0.29) is 5.91 Å². The van der Waals surface area contributed by atoms with Gasteiger partial charge < -0.3 is 9.64 Å². The van der Waals surface area contributed by atoms with E-state index >= 15 is 0 Å².